The summed E-state index contributed by atoms with van der Waals surface area (Å²) in [5.74, 6) is -0.398. The summed E-state index contributed by atoms with van der Waals surface area (Å²) in [6.07, 6.45) is 52.0. The quantitative estimate of drug-likeness (QED) is 0.0605. The van der Waals surface area contributed by atoms with E-state index in [9.17, 15) is 5.11 Å². The minimum atomic E-state index is -0.398. The average Bonchev–Trinajstić information content (AvgIpc) is 3.43. The van der Waals surface area contributed by atoms with Gasteiger partial charge in [-0.2, -0.15) is 0 Å². The molecule has 0 aliphatic carbocycles. The van der Waals surface area contributed by atoms with Gasteiger partial charge in [0.1, 0.15) is 0 Å². The van der Waals surface area contributed by atoms with Crippen molar-refractivity contribution in [2.45, 2.75) is 199 Å². The summed E-state index contributed by atoms with van der Waals surface area (Å²) in [7, 11) is 0. The van der Waals surface area contributed by atoms with Gasteiger partial charge in [-0.3, -0.25) is 0 Å². The third-order valence-corrected chi connectivity index (χ3v) is 8.88. The predicted molar refractivity (Wildman–Crippen MR) is 193 cm³/mol. The van der Waals surface area contributed by atoms with Crippen molar-refractivity contribution < 1.29 is 14.6 Å². The lowest BCUT2D eigenvalue weighted by molar-refractivity contribution is -0.180. The van der Waals surface area contributed by atoms with Crippen LogP contribution in [-0.4, -0.2) is 30.2 Å². The molecule has 0 aromatic carbocycles. The molecule has 1 N–H and O–H groups in total. The van der Waals surface area contributed by atoms with Gasteiger partial charge in [-0.25, -0.2) is 0 Å². The molecule has 3 heteroatoms. The maximum atomic E-state index is 9.40. The van der Waals surface area contributed by atoms with Crippen molar-refractivity contribution in [1.29, 1.82) is 0 Å². The van der Waals surface area contributed by atoms with Crippen molar-refractivity contribution in [3.8, 4) is 0 Å². The van der Waals surface area contributed by atoms with Gasteiger partial charge in [-0.05, 0) is 83.5 Å². The lowest BCUT2D eigenvalue weighted by Crippen LogP contribution is -2.31. The van der Waals surface area contributed by atoms with Crippen LogP contribution in [0.15, 0.2) is 48.6 Å². The Labute approximate surface area is 275 Å². The summed E-state index contributed by atoms with van der Waals surface area (Å²) >= 11 is 0. The Kier molecular flexibility index (Phi) is 29.5. The van der Waals surface area contributed by atoms with E-state index in [0.29, 0.717) is 13.0 Å². The third-order valence-electron chi connectivity index (χ3n) is 8.88. The van der Waals surface area contributed by atoms with Gasteiger partial charge in [0, 0.05) is 19.4 Å². The predicted octanol–water partition coefficient (Wildman–Crippen LogP) is 12.9. The highest BCUT2D eigenvalue weighted by atomic mass is 16.7. The summed E-state index contributed by atoms with van der Waals surface area (Å²) in [5.41, 5.74) is 0. The summed E-state index contributed by atoms with van der Waals surface area (Å²) in [4.78, 5) is 0. The largest absolute Gasteiger partial charge is 0.396 e. The molecule has 0 radical (unpaired) electrons. The van der Waals surface area contributed by atoms with E-state index in [4.69, 9.17) is 9.47 Å². The fraction of sp³-hybridized carbons (Fsp3) is 0.805. The van der Waals surface area contributed by atoms with Crippen molar-refractivity contribution in [2.24, 2.45) is 0 Å². The van der Waals surface area contributed by atoms with Crippen molar-refractivity contribution >= 4 is 0 Å². The molecule has 0 bridgehead atoms. The lowest BCUT2D eigenvalue weighted by Gasteiger charge is -2.28. The normalized spacial score (nSPS) is 19.2. The second-order valence-corrected chi connectivity index (χ2v) is 13.1. The first-order valence-electron chi connectivity index (χ1n) is 19.3. The molecule has 1 heterocycles. The zero-order valence-corrected chi connectivity index (χ0v) is 29.5. The molecule has 44 heavy (non-hydrogen) atoms. The van der Waals surface area contributed by atoms with Crippen LogP contribution in [0.5, 0.6) is 0 Å². The van der Waals surface area contributed by atoms with Gasteiger partial charge in [0.15, 0.2) is 5.79 Å². The van der Waals surface area contributed by atoms with Gasteiger partial charge >= 0.3 is 0 Å². The van der Waals surface area contributed by atoms with E-state index in [2.05, 4.69) is 62.5 Å². The highest BCUT2D eigenvalue weighted by Gasteiger charge is 2.40. The number of hydrogen-bond acceptors (Lipinski definition) is 3. The molecule has 1 unspecified atom stereocenters. The molecular weight excluding hydrogens is 540 g/mol. The number of aliphatic hydroxyl groups is 1. The van der Waals surface area contributed by atoms with Crippen molar-refractivity contribution in [3.63, 3.8) is 0 Å². The fourth-order valence-corrected chi connectivity index (χ4v) is 6.06. The lowest BCUT2D eigenvalue weighted by atomic mass is 9.98. The monoisotopic (exact) mass is 615 g/mol. The van der Waals surface area contributed by atoms with E-state index in [-0.39, 0.29) is 12.7 Å². The second kappa shape index (κ2) is 31.8. The minimum Gasteiger partial charge on any atom is -0.396 e. The van der Waals surface area contributed by atoms with Crippen LogP contribution in [-0.2, 0) is 9.47 Å². The van der Waals surface area contributed by atoms with E-state index in [1.807, 2.05) is 0 Å². The van der Waals surface area contributed by atoms with Crippen molar-refractivity contribution in [3.05, 3.63) is 48.6 Å². The standard InChI is InChI=1S/C41H74O3/c1-3-5-7-9-11-13-15-17-19-21-23-25-27-29-31-33-36-41(43-39-40(44-41)35-38-42)37-34-32-30-28-26-24-22-20-18-16-14-12-10-8-6-4-2/h11-14,17-20,40,42H,3-10,15-16,21-39H2,1-2H3. The van der Waals surface area contributed by atoms with Crippen LogP contribution in [0.4, 0.5) is 0 Å². The Morgan fingerprint density at radius 3 is 1.32 bits per heavy atom. The Morgan fingerprint density at radius 1 is 0.523 bits per heavy atom. The Morgan fingerprint density at radius 2 is 0.909 bits per heavy atom. The van der Waals surface area contributed by atoms with Crippen LogP contribution < -0.4 is 0 Å². The number of aliphatic hydroxyl groups excluding tert-OH is 1. The Hall–Kier alpha value is -1.16. The zero-order chi connectivity index (χ0) is 31.7. The first-order valence-corrected chi connectivity index (χ1v) is 19.3. The smallest absolute Gasteiger partial charge is 0.168 e. The molecule has 0 aromatic rings. The molecule has 1 aliphatic heterocycles. The molecule has 0 amide bonds. The summed E-state index contributed by atoms with van der Waals surface area (Å²) in [6, 6.07) is 0. The Balaban J connectivity index is 2.08. The van der Waals surface area contributed by atoms with Gasteiger partial charge in [0.25, 0.3) is 0 Å². The first kappa shape index (κ1) is 40.9. The number of rotatable bonds is 32. The van der Waals surface area contributed by atoms with Gasteiger partial charge in [-0.15, -0.1) is 0 Å². The van der Waals surface area contributed by atoms with Crippen LogP contribution in [0.3, 0.4) is 0 Å². The summed E-state index contributed by atoms with van der Waals surface area (Å²) in [6.45, 7) is 5.35. The van der Waals surface area contributed by atoms with Crippen LogP contribution in [0.1, 0.15) is 187 Å². The molecule has 1 aliphatic rings. The molecule has 0 spiro atoms. The first-order chi connectivity index (χ1) is 21.8. The molecule has 0 saturated carbocycles. The summed E-state index contributed by atoms with van der Waals surface area (Å²) < 4.78 is 12.7. The molecular formula is C41H74O3. The number of hydrogen-bond donors (Lipinski definition) is 1. The zero-order valence-electron chi connectivity index (χ0n) is 29.5. The maximum absolute atomic E-state index is 9.40. The van der Waals surface area contributed by atoms with E-state index in [1.54, 1.807) is 0 Å². The highest BCUT2D eigenvalue weighted by Crippen LogP contribution is 2.35. The summed E-state index contributed by atoms with van der Waals surface area (Å²) in [5, 5.41) is 9.40. The van der Waals surface area contributed by atoms with Gasteiger partial charge in [-0.1, -0.05) is 140 Å². The van der Waals surface area contributed by atoms with E-state index in [1.165, 1.54) is 141 Å². The minimum absolute atomic E-state index is 0.0641. The van der Waals surface area contributed by atoms with Crippen LogP contribution >= 0.6 is 0 Å². The number of unbranched alkanes of at least 4 members (excludes halogenated alkanes) is 18. The van der Waals surface area contributed by atoms with E-state index >= 15 is 0 Å². The SMILES string of the molecule is CCCCCC=CCC=CCCCCCCCCC1(CCCCCCCCC=CCC=CCCCCC)OCC(CCO)O1. The third kappa shape index (κ3) is 25.1. The molecule has 256 valence electrons. The number of ether oxygens (including phenoxy) is 2. The second-order valence-electron chi connectivity index (χ2n) is 13.1. The Bertz CT molecular complexity index is 659. The van der Waals surface area contributed by atoms with Gasteiger partial charge < -0.3 is 14.6 Å². The van der Waals surface area contributed by atoms with Gasteiger partial charge in [0.05, 0.1) is 12.7 Å². The van der Waals surface area contributed by atoms with Gasteiger partial charge in [0.2, 0.25) is 0 Å². The van der Waals surface area contributed by atoms with Crippen molar-refractivity contribution in [2.75, 3.05) is 13.2 Å². The fourth-order valence-electron chi connectivity index (χ4n) is 6.06. The van der Waals surface area contributed by atoms with E-state index < -0.39 is 5.79 Å². The van der Waals surface area contributed by atoms with Crippen LogP contribution in [0.2, 0.25) is 0 Å². The molecule has 1 saturated heterocycles. The van der Waals surface area contributed by atoms with Crippen LogP contribution in [0.25, 0.3) is 0 Å². The molecule has 1 rings (SSSR count). The highest BCUT2D eigenvalue weighted by molar-refractivity contribution is 4.93. The molecule has 1 fully saturated rings. The maximum Gasteiger partial charge on any atom is 0.168 e. The molecule has 0 aromatic heterocycles. The average molecular weight is 615 g/mol. The molecule has 3 nitrogen and oxygen atoms in total. The topological polar surface area (TPSA) is 38.7 Å². The number of allylic oxidation sites excluding steroid dienone is 8. The van der Waals surface area contributed by atoms with Crippen molar-refractivity contribution in [1.82, 2.24) is 0 Å². The van der Waals surface area contributed by atoms with Crippen LogP contribution in [0, 0.1) is 0 Å². The molecule has 1 atom stereocenters. The van der Waals surface area contributed by atoms with E-state index in [0.717, 1.165) is 25.7 Å².